The predicted molar refractivity (Wildman–Crippen MR) is 79.8 cm³/mol. The van der Waals surface area contributed by atoms with Crippen LogP contribution in [0.2, 0.25) is 0 Å². The van der Waals surface area contributed by atoms with Crippen LogP contribution >= 0.6 is 0 Å². The summed E-state index contributed by atoms with van der Waals surface area (Å²) in [5.74, 6) is 0.836. The molecule has 0 amide bonds. The van der Waals surface area contributed by atoms with Gasteiger partial charge in [0.25, 0.3) is 0 Å². The zero-order chi connectivity index (χ0) is 14.1. The predicted octanol–water partition coefficient (Wildman–Crippen LogP) is 2.78. The number of methoxy groups -OCH3 is 1. The second-order valence-corrected chi connectivity index (χ2v) is 4.77. The van der Waals surface area contributed by atoms with E-state index in [0.29, 0.717) is 6.54 Å². The van der Waals surface area contributed by atoms with E-state index in [0.717, 1.165) is 28.3 Å². The molecule has 2 aromatic heterocycles. The van der Waals surface area contributed by atoms with Crippen LogP contribution < -0.4 is 10.5 Å². The van der Waals surface area contributed by atoms with E-state index in [1.807, 2.05) is 34.9 Å². The third-order valence-corrected chi connectivity index (χ3v) is 3.44. The molecule has 0 unspecified atom stereocenters. The summed E-state index contributed by atoms with van der Waals surface area (Å²) < 4.78 is 7.23. The van der Waals surface area contributed by atoms with Gasteiger partial charge in [0, 0.05) is 18.3 Å². The second kappa shape index (κ2) is 4.98. The van der Waals surface area contributed by atoms with Gasteiger partial charge in [-0.15, -0.1) is 0 Å². The second-order valence-electron chi connectivity index (χ2n) is 4.77. The monoisotopic (exact) mass is 267 g/mol. The van der Waals surface area contributed by atoms with E-state index in [9.17, 15) is 0 Å². The SMILES string of the molecule is COc1ccc(-c2nc3cc(C)ccn3c2CN)cc1. The number of aromatic nitrogens is 2. The maximum absolute atomic E-state index is 5.91. The minimum Gasteiger partial charge on any atom is -0.497 e. The minimum atomic E-state index is 0.450. The topological polar surface area (TPSA) is 52.5 Å². The number of nitrogens with two attached hydrogens (primary N) is 1. The van der Waals surface area contributed by atoms with E-state index in [4.69, 9.17) is 15.5 Å². The summed E-state index contributed by atoms with van der Waals surface area (Å²) in [5, 5.41) is 0. The van der Waals surface area contributed by atoms with Crippen LogP contribution in [0.1, 0.15) is 11.3 Å². The number of hydrogen-bond donors (Lipinski definition) is 1. The van der Waals surface area contributed by atoms with Gasteiger partial charge in [0.05, 0.1) is 18.5 Å². The highest BCUT2D eigenvalue weighted by atomic mass is 16.5. The highest BCUT2D eigenvalue weighted by Crippen LogP contribution is 2.26. The number of fused-ring (bicyclic) bond motifs is 1. The van der Waals surface area contributed by atoms with Crippen molar-refractivity contribution in [2.24, 2.45) is 5.73 Å². The molecule has 4 nitrogen and oxygen atoms in total. The van der Waals surface area contributed by atoms with Crippen LogP contribution in [0.15, 0.2) is 42.6 Å². The van der Waals surface area contributed by atoms with Crippen molar-refractivity contribution in [1.82, 2.24) is 9.38 Å². The molecule has 3 rings (SSSR count). The third-order valence-electron chi connectivity index (χ3n) is 3.44. The molecule has 0 spiro atoms. The average Bonchev–Trinajstić information content (AvgIpc) is 2.84. The molecule has 0 saturated heterocycles. The number of aryl methyl sites for hydroxylation is 1. The maximum atomic E-state index is 5.91. The van der Waals surface area contributed by atoms with E-state index in [2.05, 4.69) is 19.1 Å². The molecule has 1 aromatic carbocycles. The Kier molecular flexibility index (Phi) is 3.16. The zero-order valence-electron chi connectivity index (χ0n) is 11.6. The standard InChI is InChI=1S/C16H17N3O/c1-11-7-8-19-14(10-17)16(18-15(19)9-11)12-3-5-13(20-2)6-4-12/h3-9H,10,17H2,1-2H3. The molecular weight excluding hydrogens is 250 g/mol. The molecule has 0 aliphatic rings. The summed E-state index contributed by atoms with van der Waals surface area (Å²) in [6.45, 7) is 2.51. The van der Waals surface area contributed by atoms with Gasteiger partial charge in [0.2, 0.25) is 0 Å². The van der Waals surface area contributed by atoms with Crippen molar-refractivity contribution in [3.8, 4) is 17.0 Å². The lowest BCUT2D eigenvalue weighted by molar-refractivity contribution is 0.415. The fourth-order valence-corrected chi connectivity index (χ4v) is 2.37. The minimum absolute atomic E-state index is 0.450. The van der Waals surface area contributed by atoms with Crippen molar-refractivity contribution in [2.75, 3.05) is 7.11 Å². The van der Waals surface area contributed by atoms with Crippen LogP contribution in [0.5, 0.6) is 5.75 Å². The first kappa shape index (κ1) is 12.7. The molecule has 2 heterocycles. The van der Waals surface area contributed by atoms with Gasteiger partial charge in [-0.1, -0.05) is 0 Å². The summed E-state index contributed by atoms with van der Waals surface area (Å²) in [6.07, 6.45) is 2.02. The van der Waals surface area contributed by atoms with Crippen LogP contribution in [-0.2, 0) is 6.54 Å². The lowest BCUT2D eigenvalue weighted by atomic mass is 10.1. The van der Waals surface area contributed by atoms with Crippen LogP contribution in [0.4, 0.5) is 0 Å². The Morgan fingerprint density at radius 3 is 2.60 bits per heavy atom. The molecule has 20 heavy (non-hydrogen) atoms. The van der Waals surface area contributed by atoms with E-state index < -0.39 is 0 Å². The summed E-state index contributed by atoms with van der Waals surface area (Å²) in [6, 6.07) is 12.0. The van der Waals surface area contributed by atoms with Crippen LogP contribution in [0.3, 0.4) is 0 Å². The Morgan fingerprint density at radius 2 is 1.95 bits per heavy atom. The lowest BCUT2D eigenvalue weighted by Crippen LogP contribution is -2.02. The quantitative estimate of drug-likeness (QED) is 0.794. The van der Waals surface area contributed by atoms with Gasteiger partial charge in [-0.3, -0.25) is 0 Å². The van der Waals surface area contributed by atoms with Gasteiger partial charge in [-0.2, -0.15) is 0 Å². The smallest absolute Gasteiger partial charge is 0.137 e. The number of imidazole rings is 1. The number of benzene rings is 1. The molecule has 3 aromatic rings. The Labute approximate surface area is 117 Å². The summed E-state index contributed by atoms with van der Waals surface area (Å²) >= 11 is 0. The van der Waals surface area contributed by atoms with Crippen LogP contribution in [-0.4, -0.2) is 16.5 Å². The van der Waals surface area contributed by atoms with E-state index in [1.54, 1.807) is 7.11 Å². The molecule has 0 aliphatic heterocycles. The van der Waals surface area contributed by atoms with Crippen molar-refractivity contribution in [2.45, 2.75) is 13.5 Å². The molecule has 4 heteroatoms. The first-order chi connectivity index (χ1) is 9.72. The molecule has 0 aliphatic carbocycles. The van der Waals surface area contributed by atoms with Crippen LogP contribution in [0, 0.1) is 6.92 Å². The van der Waals surface area contributed by atoms with Gasteiger partial charge in [-0.25, -0.2) is 4.98 Å². The normalized spacial score (nSPS) is 10.9. The summed E-state index contributed by atoms with van der Waals surface area (Å²) in [5.41, 5.74) is 11.0. The van der Waals surface area contributed by atoms with Gasteiger partial charge >= 0.3 is 0 Å². The zero-order valence-corrected chi connectivity index (χ0v) is 11.6. The van der Waals surface area contributed by atoms with E-state index >= 15 is 0 Å². The van der Waals surface area contributed by atoms with Crippen molar-refractivity contribution in [3.05, 3.63) is 53.9 Å². The van der Waals surface area contributed by atoms with Crippen LogP contribution in [0.25, 0.3) is 16.9 Å². The molecule has 0 bridgehead atoms. The number of ether oxygens (including phenoxy) is 1. The van der Waals surface area contributed by atoms with Gasteiger partial charge in [0.15, 0.2) is 0 Å². The molecule has 0 saturated carbocycles. The number of rotatable bonds is 3. The Bertz CT molecular complexity index is 744. The first-order valence-corrected chi connectivity index (χ1v) is 6.55. The molecule has 102 valence electrons. The number of hydrogen-bond acceptors (Lipinski definition) is 3. The van der Waals surface area contributed by atoms with Crippen molar-refractivity contribution in [1.29, 1.82) is 0 Å². The molecular formula is C16H17N3O. The van der Waals surface area contributed by atoms with E-state index in [1.165, 1.54) is 5.56 Å². The third kappa shape index (κ3) is 2.04. The highest BCUT2D eigenvalue weighted by molar-refractivity contribution is 5.67. The van der Waals surface area contributed by atoms with Crippen molar-refractivity contribution >= 4 is 5.65 Å². The Morgan fingerprint density at radius 1 is 1.20 bits per heavy atom. The average molecular weight is 267 g/mol. The van der Waals surface area contributed by atoms with Crippen molar-refractivity contribution in [3.63, 3.8) is 0 Å². The Balaban J connectivity index is 2.18. The van der Waals surface area contributed by atoms with Gasteiger partial charge in [-0.05, 0) is 48.9 Å². The lowest BCUT2D eigenvalue weighted by Gasteiger charge is -2.04. The van der Waals surface area contributed by atoms with E-state index in [-0.39, 0.29) is 0 Å². The van der Waals surface area contributed by atoms with Gasteiger partial charge < -0.3 is 14.9 Å². The number of nitrogens with zero attached hydrogens (tertiary/aromatic N) is 2. The first-order valence-electron chi connectivity index (χ1n) is 6.55. The molecule has 0 fully saturated rings. The number of pyridine rings is 1. The van der Waals surface area contributed by atoms with Gasteiger partial charge in [0.1, 0.15) is 11.4 Å². The summed E-state index contributed by atoms with van der Waals surface area (Å²) in [4.78, 5) is 4.71. The molecule has 0 atom stereocenters. The largest absolute Gasteiger partial charge is 0.497 e. The molecule has 0 radical (unpaired) electrons. The van der Waals surface area contributed by atoms with Crippen molar-refractivity contribution < 1.29 is 4.74 Å². The Hall–Kier alpha value is -2.33. The molecule has 2 N–H and O–H groups in total. The highest BCUT2D eigenvalue weighted by Gasteiger charge is 2.12. The fraction of sp³-hybridized carbons (Fsp3) is 0.188. The maximum Gasteiger partial charge on any atom is 0.137 e. The fourth-order valence-electron chi connectivity index (χ4n) is 2.37. The summed E-state index contributed by atoms with van der Waals surface area (Å²) in [7, 11) is 1.66.